The van der Waals surface area contributed by atoms with Crippen molar-refractivity contribution in [1.29, 1.82) is 0 Å². The number of nitrogens with zero attached hydrogens (tertiary/aromatic N) is 4. The van der Waals surface area contributed by atoms with Crippen LogP contribution >= 0.6 is 11.8 Å². The number of carbonyl (C=O) groups is 3. The third-order valence-corrected chi connectivity index (χ3v) is 7.51. The zero-order chi connectivity index (χ0) is 27.8. The second-order valence-corrected chi connectivity index (χ2v) is 12.5. The van der Waals surface area contributed by atoms with Crippen LogP contribution in [0.5, 0.6) is 0 Å². The summed E-state index contributed by atoms with van der Waals surface area (Å²) in [5, 5.41) is 11.4. The van der Waals surface area contributed by atoms with Gasteiger partial charge >= 0.3 is 6.09 Å². The summed E-state index contributed by atoms with van der Waals surface area (Å²) in [7, 11) is 0. The largest absolute Gasteiger partial charge is 0.444 e. The third kappa shape index (κ3) is 8.67. The van der Waals surface area contributed by atoms with Gasteiger partial charge in [-0.25, -0.2) is 4.79 Å². The van der Waals surface area contributed by atoms with Crippen LogP contribution in [0.4, 0.5) is 4.79 Å². The van der Waals surface area contributed by atoms with E-state index in [0.717, 1.165) is 57.9 Å². The van der Waals surface area contributed by atoms with Gasteiger partial charge in [-0.2, -0.15) is 0 Å². The van der Waals surface area contributed by atoms with Gasteiger partial charge in [-0.05, 0) is 58.8 Å². The molecule has 12 heteroatoms. The molecule has 0 radical (unpaired) electrons. The Morgan fingerprint density at radius 2 is 1.87 bits per heavy atom. The zero-order valence-corrected chi connectivity index (χ0v) is 24.2. The zero-order valence-electron chi connectivity index (χ0n) is 23.4. The molecular weight excluding hydrogens is 510 g/mol. The van der Waals surface area contributed by atoms with E-state index in [9.17, 15) is 14.4 Å². The summed E-state index contributed by atoms with van der Waals surface area (Å²) in [6.45, 7) is 13.4. The molecule has 0 aromatic carbocycles. The minimum atomic E-state index is -1.03. The first kappa shape index (κ1) is 30.4. The van der Waals surface area contributed by atoms with Crippen molar-refractivity contribution < 1.29 is 28.3 Å². The molecule has 214 valence electrons. The Balaban J connectivity index is 1.77. The molecule has 38 heavy (non-hydrogen) atoms. The topological polar surface area (TPSA) is 127 Å². The highest BCUT2D eigenvalue weighted by Gasteiger charge is 2.46. The average molecular weight is 554 g/mol. The van der Waals surface area contributed by atoms with Gasteiger partial charge in [0, 0.05) is 25.4 Å². The van der Waals surface area contributed by atoms with Gasteiger partial charge in [0.2, 0.25) is 12.2 Å². The standard InChI is InChI=1S/C26H43N5O6S/c1-19(2)17-20(21(33)22-28-29-24(36-22)38-16-13-30-11-14-35-15-12-30)31(18-32)26(9-7-6-8-10-26)27-23(34)37-25(3,4)5/h18-20H,6-17H2,1-5H3,(H,27,34). The molecule has 0 spiro atoms. The highest BCUT2D eigenvalue weighted by Crippen LogP contribution is 2.35. The number of alkyl carbamates (subject to hydrolysis) is 1. The van der Waals surface area contributed by atoms with E-state index in [1.807, 2.05) is 13.8 Å². The molecule has 2 fully saturated rings. The molecule has 11 nitrogen and oxygen atoms in total. The molecule has 1 aromatic heterocycles. The van der Waals surface area contributed by atoms with Gasteiger partial charge in [-0.3, -0.25) is 19.8 Å². The third-order valence-electron chi connectivity index (χ3n) is 6.71. The number of carbonyl (C=O) groups excluding carboxylic acids is 3. The van der Waals surface area contributed by atoms with Crippen LogP contribution in [0.25, 0.3) is 0 Å². The van der Waals surface area contributed by atoms with Crippen LogP contribution in [0, 0.1) is 5.92 Å². The molecule has 1 aliphatic carbocycles. The molecule has 1 unspecified atom stereocenters. The Hall–Kier alpha value is -2.18. The number of rotatable bonds is 12. The summed E-state index contributed by atoms with van der Waals surface area (Å²) < 4.78 is 16.7. The van der Waals surface area contributed by atoms with E-state index in [2.05, 4.69) is 20.4 Å². The van der Waals surface area contributed by atoms with Gasteiger partial charge < -0.3 is 18.8 Å². The minimum Gasteiger partial charge on any atom is -0.444 e. The van der Waals surface area contributed by atoms with Crippen LogP contribution < -0.4 is 5.32 Å². The van der Waals surface area contributed by atoms with Crippen molar-refractivity contribution in [3.05, 3.63) is 5.89 Å². The SMILES string of the molecule is CC(C)CC(C(=O)c1nnc(SCCN2CCOCC2)o1)N(C=O)C1(NC(=O)OC(C)(C)C)CCCCC1. The van der Waals surface area contributed by atoms with E-state index in [1.165, 1.54) is 16.7 Å². The normalized spacial score (nSPS) is 19.1. The number of hydrogen-bond donors (Lipinski definition) is 1. The molecule has 1 N–H and O–H groups in total. The predicted octanol–water partition coefficient (Wildman–Crippen LogP) is 3.73. The van der Waals surface area contributed by atoms with Crippen molar-refractivity contribution in [1.82, 2.24) is 25.3 Å². The van der Waals surface area contributed by atoms with Crippen LogP contribution in [-0.2, 0) is 14.3 Å². The maximum Gasteiger partial charge on any atom is 0.409 e. The van der Waals surface area contributed by atoms with E-state index < -0.39 is 29.2 Å². The van der Waals surface area contributed by atoms with Crippen molar-refractivity contribution in [2.45, 2.75) is 95.7 Å². The molecule has 1 aliphatic heterocycles. The molecule has 1 saturated carbocycles. The summed E-state index contributed by atoms with van der Waals surface area (Å²) in [6, 6.07) is -0.868. The Labute approximate surface area is 229 Å². The lowest BCUT2D eigenvalue weighted by molar-refractivity contribution is -0.130. The van der Waals surface area contributed by atoms with Crippen molar-refractivity contribution in [3.63, 3.8) is 0 Å². The fraction of sp³-hybridized carbons (Fsp3) is 0.808. The van der Waals surface area contributed by atoms with Gasteiger partial charge in [0.15, 0.2) is 0 Å². The molecule has 1 aromatic rings. The van der Waals surface area contributed by atoms with E-state index in [0.29, 0.717) is 30.9 Å². The highest BCUT2D eigenvalue weighted by molar-refractivity contribution is 7.99. The van der Waals surface area contributed by atoms with Crippen molar-refractivity contribution in [3.8, 4) is 0 Å². The number of morpholine rings is 1. The average Bonchev–Trinajstić information content (AvgIpc) is 3.32. The fourth-order valence-corrected chi connectivity index (χ4v) is 5.70. The van der Waals surface area contributed by atoms with Gasteiger partial charge in [0.25, 0.3) is 11.1 Å². The molecule has 2 heterocycles. The summed E-state index contributed by atoms with van der Waals surface area (Å²) in [6.07, 6.45) is 4.11. The first-order valence-corrected chi connectivity index (χ1v) is 14.6. The Morgan fingerprint density at radius 3 is 2.47 bits per heavy atom. The number of nitrogens with one attached hydrogen (secondary N) is 1. The lowest BCUT2D eigenvalue weighted by Gasteiger charge is -2.47. The number of ketones is 1. The molecule has 2 amide bonds. The Bertz CT molecular complexity index is 921. The Morgan fingerprint density at radius 1 is 1.18 bits per heavy atom. The first-order chi connectivity index (χ1) is 18.0. The first-order valence-electron chi connectivity index (χ1n) is 13.6. The van der Waals surface area contributed by atoms with Gasteiger partial charge in [-0.15, -0.1) is 10.2 Å². The molecule has 3 rings (SSSR count). The summed E-state index contributed by atoms with van der Waals surface area (Å²) in [5.74, 6) is 0.293. The number of ether oxygens (including phenoxy) is 2. The number of Topliss-reactive ketones (excluding diaryl/α,β-unsaturated/α-hetero) is 1. The molecule has 2 aliphatic rings. The van der Waals surface area contributed by atoms with Crippen LogP contribution in [0.2, 0.25) is 0 Å². The van der Waals surface area contributed by atoms with Crippen LogP contribution in [-0.4, -0.2) is 94.2 Å². The lowest BCUT2D eigenvalue weighted by atomic mass is 9.85. The molecule has 1 saturated heterocycles. The number of hydrogen-bond acceptors (Lipinski definition) is 10. The van der Waals surface area contributed by atoms with Crippen molar-refractivity contribution >= 4 is 30.0 Å². The second kappa shape index (κ2) is 13.7. The smallest absolute Gasteiger partial charge is 0.409 e. The number of thioether (sulfide) groups is 1. The lowest BCUT2D eigenvalue weighted by Crippen LogP contribution is -2.65. The van der Waals surface area contributed by atoms with Crippen LogP contribution in [0.15, 0.2) is 9.64 Å². The Kier molecular flexibility index (Phi) is 11.0. The van der Waals surface area contributed by atoms with Gasteiger partial charge in [0.05, 0.1) is 13.2 Å². The highest BCUT2D eigenvalue weighted by atomic mass is 32.2. The van der Waals surface area contributed by atoms with Crippen molar-refractivity contribution in [2.24, 2.45) is 5.92 Å². The van der Waals surface area contributed by atoms with Gasteiger partial charge in [-0.1, -0.05) is 32.0 Å². The number of amides is 2. The maximum absolute atomic E-state index is 13.7. The summed E-state index contributed by atoms with van der Waals surface area (Å²) in [5.41, 5.74) is -1.73. The quantitative estimate of drug-likeness (QED) is 0.177. The maximum atomic E-state index is 13.7. The fourth-order valence-electron chi connectivity index (χ4n) is 4.94. The summed E-state index contributed by atoms with van der Waals surface area (Å²) in [4.78, 5) is 43.0. The molecule has 1 atom stereocenters. The second-order valence-electron chi connectivity index (χ2n) is 11.4. The van der Waals surface area contributed by atoms with E-state index >= 15 is 0 Å². The minimum absolute atomic E-state index is 0.0962. The predicted molar refractivity (Wildman–Crippen MR) is 143 cm³/mol. The molecule has 0 bridgehead atoms. The monoisotopic (exact) mass is 553 g/mol. The number of aromatic nitrogens is 2. The van der Waals surface area contributed by atoms with E-state index in [1.54, 1.807) is 20.8 Å². The van der Waals surface area contributed by atoms with Crippen LogP contribution in [0.1, 0.15) is 83.8 Å². The van der Waals surface area contributed by atoms with Gasteiger partial charge in [0.1, 0.15) is 17.3 Å². The molecular formula is C26H43N5O6S. The van der Waals surface area contributed by atoms with E-state index in [-0.39, 0.29) is 11.8 Å². The van der Waals surface area contributed by atoms with Crippen molar-refractivity contribution in [2.75, 3.05) is 38.6 Å². The van der Waals surface area contributed by atoms with Crippen LogP contribution in [0.3, 0.4) is 0 Å². The van der Waals surface area contributed by atoms with E-state index in [4.69, 9.17) is 13.9 Å². The summed E-state index contributed by atoms with van der Waals surface area (Å²) >= 11 is 1.40.